The minimum absolute atomic E-state index is 0.0339. The van der Waals surface area contributed by atoms with Crippen LogP contribution in [0.3, 0.4) is 0 Å². The zero-order valence-corrected chi connectivity index (χ0v) is 14.2. The van der Waals surface area contributed by atoms with Gasteiger partial charge in [0.1, 0.15) is 11.8 Å². The van der Waals surface area contributed by atoms with E-state index in [1.165, 1.54) is 0 Å². The zero-order valence-electron chi connectivity index (χ0n) is 14.2. The molecule has 2 aromatic rings. The highest BCUT2D eigenvalue weighted by Gasteiger charge is 2.35. The second-order valence-electron chi connectivity index (χ2n) is 6.00. The molecule has 0 atom stereocenters. The van der Waals surface area contributed by atoms with Crippen LogP contribution < -0.4 is 4.74 Å². The second kappa shape index (κ2) is 7.19. The third-order valence-corrected chi connectivity index (χ3v) is 4.12. The summed E-state index contributed by atoms with van der Waals surface area (Å²) in [6.45, 7) is 2.00. The second-order valence-corrected chi connectivity index (χ2v) is 6.00. The van der Waals surface area contributed by atoms with Gasteiger partial charge in [-0.1, -0.05) is 23.8 Å². The van der Waals surface area contributed by atoms with Crippen LogP contribution in [0.5, 0.6) is 5.75 Å². The number of imide groups is 1. The fraction of sp³-hybridized carbons (Fsp3) is 0.200. The van der Waals surface area contributed by atoms with Gasteiger partial charge in [0.25, 0.3) is 11.8 Å². The summed E-state index contributed by atoms with van der Waals surface area (Å²) in [7, 11) is 0. The summed E-state index contributed by atoms with van der Waals surface area (Å²) >= 11 is 0. The lowest BCUT2D eigenvalue weighted by atomic mass is 10.1. The van der Waals surface area contributed by atoms with Crippen molar-refractivity contribution >= 4 is 17.8 Å². The largest absolute Gasteiger partial charge is 0.425 e. The van der Waals surface area contributed by atoms with E-state index in [4.69, 9.17) is 10.00 Å². The summed E-state index contributed by atoms with van der Waals surface area (Å²) in [4.78, 5) is 37.8. The number of nitrogens with zero attached hydrogens (tertiary/aromatic N) is 2. The number of ether oxygens (including phenoxy) is 1. The normalized spacial score (nSPS) is 12.7. The molecule has 0 saturated carbocycles. The summed E-state index contributed by atoms with van der Waals surface area (Å²) in [6.07, 6.45) is 0.324. The third-order valence-electron chi connectivity index (χ3n) is 4.12. The Kier molecular flexibility index (Phi) is 4.81. The zero-order chi connectivity index (χ0) is 18.7. The first-order valence-electron chi connectivity index (χ1n) is 8.18. The number of benzene rings is 2. The molecule has 0 radical (unpaired) electrons. The van der Waals surface area contributed by atoms with Crippen molar-refractivity contribution in [2.75, 3.05) is 6.54 Å². The fourth-order valence-corrected chi connectivity index (χ4v) is 2.81. The van der Waals surface area contributed by atoms with E-state index >= 15 is 0 Å². The van der Waals surface area contributed by atoms with Crippen molar-refractivity contribution < 1.29 is 19.1 Å². The summed E-state index contributed by atoms with van der Waals surface area (Å²) in [6, 6.07) is 13.5. The molecule has 2 aromatic carbocycles. The van der Waals surface area contributed by atoms with Gasteiger partial charge in [0.05, 0.1) is 16.7 Å². The molecule has 0 spiro atoms. The van der Waals surface area contributed by atoms with Crippen molar-refractivity contribution in [2.24, 2.45) is 0 Å². The van der Waals surface area contributed by atoms with Crippen LogP contribution in [0.25, 0.3) is 0 Å². The molecule has 0 unspecified atom stereocenters. The Morgan fingerprint density at radius 3 is 2.62 bits per heavy atom. The summed E-state index contributed by atoms with van der Waals surface area (Å²) in [5.74, 6) is -0.985. The molecule has 6 nitrogen and oxygen atoms in total. The van der Waals surface area contributed by atoms with Gasteiger partial charge < -0.3 is 4.74 Å². The quantitative estimate of drug-likeness (QED) is 0.471. The van der Waals surface area contributed by atoms with Crippen molar-refractivity contribution in [1.82, 2.24) is 4.90 Å². The van der Waals surface area contributed by atoms with Crippen LogP contribution in [0.1, 0.15) is 44.7 Å². The van der Waals surface area contributed by atoms with Crippen molar-refractivity contribution in [1.29, 1.82) is 5.26 Å². The van der Waals surface area contributed by atoms with E-state index < -0.39 is 5.97 Å². The summed E-state index contributed by atoms with van der Waals surface area (Å²) in [5.41, 5.74) is 1.98. The molecule has 0 aromatic heterocycles. The molecule has 0 fully saturated rings. The Morgan fingerprint density at radius 1 is 1.12 bits per heavy atom. The van der Waals surface area contributed by atoms with Gasteiger partial charge in [-0.3, -0.25) is 19.3 Å². The summed E-state index contributed by atoms with van der Waals surface area (Å²) in [5, 5.41) is 8.99. The van der Waals surface area contributed by atoms with Gasteiger partial charge in [-0.05, 0) is 37.6 Å². The number of nitriles is 1. The maximum atomic E-state index is 12.4. The van der Waals surface area contributed by atoms with Crippen molar-refractivity contribution in [3.05, 3.63) is 64.7 Å². The predicted octanol–water partition coefficient (Wildman–Crippen LogP) is 2.85. The highest BCUT2D eigenvalue weighted by atomic mass is 16.5. The van der Waals surface area contributed by atoms with Crippen LogP contribution in [-0.4, -0.2) is 29.2 Å². The van der Waals surface area contributed by atoms with Gasteiger partial charge in [-0.25, -0.2) is 0 Å². The van der Waals surface area contributed by atoms with E-state index in [-0.39, 0.29) is 42.5 Å². The number of fused-ring (bicyclic) bond motifs is 1. The minimum Gasteiger partial charge on any atom is -0.425 e. The van der Waals surface area contributed by atoms with Crippen molar-refractivity contribution in [3.8, 4) is 11.8 Å². The van der Waals surface area contributed by atoms with Crippen LogP contribution in [0, 0.1) is 18.3 Å². The van der Waals surface area contributed by atoms with Gasteiger partial charge in [0.2, 0.25) is 0 Å². The lowest BCUT2D eigenvalue weighted by Gasteiger charge is -2.13. The maximum absolute atomic E-state index is 12.4. The highest BCUT2D eigenvalue weighted by molar-refractivity contribution is 6.21. The topological polar surface area (TPSA) is 87.5 Å². The first-order valence-corrected chi connectivity index (χ1v) is 8.18. The number of esters is 1. The third kappa shape index (κ3) is 3.33. The number of hydrogen-bond acceptors (Lipinski definition) is 5. The van der Waals surface area contributed by atoms with Crippen molar-refractivity contribution in [2.45, 2.75) is 19.8 Å². The molecule has 0 aliphatic carbocycles. The van der Waals surface area contributed by atoms with Crippen LogP contribution in [0.15, 0.2) is 42.5 Å². The monoisotopic (exact) mass is 348 g/mol. The van der Waals surface area contributed by atoms with Gasteiger partial charge in [0.15, 0.2) is 0 Å². The summed E-state index contributed by atoms with van der Waals surface area (Å²) < 4.78 is 5.18. The Balaban J connectivity index is 1.57. The predicted molar refractivity (Wildman–Crippen MR) is 92.6 cm³/mol. The lowest BCUT2D eigenvalue weighted by Crippen LogP contribution is -2.31. The Bertz CT molecular complexity index is 943. The molecule has 1 heterocycles. The van der Waals surface area contributed by atoms with Crippen LogP contribution in [-0.2, 0) is 4.79 Å². The Hall–Kier alpha value is -3.46. The molecule has 0 saturated heterocycles. The smallest absolute Gasteiger partial charge is 0.311 e. The van der Waals surface area contributed by atoms with Crippen LogP contribution >= 0.6 is 0 Å². The molecule has 0 bridgehead atoms. The van der Waals surface area contributed by atoms with Gasteiger partial charge >= 0.3 is 5.97 Å². The van der Waals surface area contributed by atoms with Gasteiger partial charge in [-0.15, -0.1) is 0 Å². The van der Waals surface area contributed by atoms with E-state index in [1.54, 1.807) is 42.5 Å². The van der Waals surface area contributed by atoms with E-state index in [0.717, 1.165) is 10.5 Å². The maximum Gasteiger partial charge on any atom is 0.311 e. The molecular formula is C20H16N2O4. The van der Waals surface area contributed by atoms with E-state index in [2.05, 4.69) is 0 Å². The van der Waals surface area contributed by atoms with Crippen LogP contribution in [0.2, 0.25) is 0 Å². The van der Waals surface area contributed by atoms with Gasteiger partial charge in [0, 0.05) is 13.0 Å². The Labute approximate surface area is 150 Å². The standard InChI is InChI=1S/C20H16N2O4/c1-13-8-9-15-16(11-13)20(25)22(19(15)24)10-4-7-18(23)26-17-6-3-2-5-14(17)12-21/h2-3,5-6,8-9,11H,4,7,10H2,1H3. The first kappa shape index (κ1) is 17.4. The molecule has 0 N–H and O–H groups in total. The van der Waals surface area contributed by atoms with E-state index in [1.807, 2.05) is 13.0 Å². The number of amides is 2. The molecular weight excluding hydrogens is 332 g/mol. The molecule has 3 rings (SSSR count). The lowest BCUT2D eigenvalue weighted by molar-refractivity contribution is -0.134. The molecule has 26 heavy (non-hydrogen) atoms. The van der Waals surface area contributed by atoms with E-state index in [9.17, 15) is 14.4 Å². The fourth-order valence-electron chi connectivity index (χ4n) is 2.81. The number of para-hydroxylation sites is 1. The number of rotatable bonds is 5. The average Bonchev–Trinajstić information content (AvgIpc) is 2.86. The number of aryl methyl sites for hydroxylation is 1. The van der Waals surface area contributed by atoms with E-state index in [0.29, 0.717) is 11.1 Å². The molecule has 130 valence electrons. The molecule has 1 aliphatic rings. The SMILES string of the molecule is Cc1ccc2c(c1)C(=O)N(CCCC(=O)Oc1ccccc1C#N)C2=O. The molecule has 6 heteroatoms. The Morgan fingerprint density at radius 2 is 1.85 bits per heavy atom. The number of hydrogen-bond donors (Lipinski definition) is 0. The average molecular weight is 348 g/mol. The highest BCUT2D eigenvalue weighted by Crippen LogP contribution is 2.24. The van der Waals surface area contributed by atoms with Crippen molar-refractivity contribution in [3.63, 3.8) is 0 Å². The number of carbonyl (C=O) groups is 3. The number of carbonyl (C=O) groups excluding carboxylic acids is 3. The van der Waals surface area contributed by atoms with Crippen LogP contribution in [0.4, 0.5) is 0 Å². The minimum atomic E-state index is -0.514. The van der Waals surface area contributed by atoms with Gasteiger partial charge in [-0.2, -0.15) is 5.26 Å². The first-order chi connectivity index (χ1) is 12.5. The molecule has 2 amide bonds. The molecule has 1 aliphatic heterocycles.